The van der Waals surface area contributed by atoms with Crippen molar-refractivity contribution in [2.24, 2.45) is 7.05 Å². The molecule has 20 heavy (non-hydrogen) atoms. The van der Waals surface area contributed by atoms with Gasteiger partial charge in [0.1, 0.15) is 4.90 Å². The van der Waals surface area contributed by atoms with Gasteiger partial charge in [0.15, 0.2) is 0 Å². The van der Waals surface area contributed by atoms with Gasteiger partial charge in [0.25, 0.3) is 10.0 Å². The monoisotopic (exact) mass is 295 g/mol. The first-order valence-electron chi connectivity index (χ1n) is 6.15. The maximum Gasteiger partial charge on any atom is 0.265 e. The van der Waals surface area contributed by atoms with Crippen molar-refractivity contribution < 1.29 is 8.42 Å². The van der Waals surface area contributed by atoms with Gasteiger partial charge in [0, 0.05) is 32.7 Å². The van der Waals surface area contributed by atoms with Crippen molar-refractivity contribution in [1.82, 2.24) is 14.8 Å². The first kappa shape index (κ1) is 14.3. The molecule has 0 aromatic carbocycles. The van der Waals surface area contributed by atoms with Crippen molar-refractivity contribution >= 4 is 21.4 Å². The normalized spacial score (nSPS) is 11.3. The Morgan fingerprint density at radius 3 is 2.75 bits per heavy atom. The molecule has 0 spiro atoms. The molecule has 2 rings (SSSR count). The summed E-state index contributed by atoms with van der Waals surface area (Å²) in [7, 11) is -0.291. The standard InChI is InChI=1S/C12H17N5O2S/c1-4-9-11(8-17(3)15-9)16-20(18,19)12-7-14-6-5-10(12)13-2/h5-8,16H,4H2,1-3H3,(H,13,14). The molecule has 2 heterocycles. The second-order valence-electron chi connectivity index (χ2n) is 4.24. The molecule has 0 aliphatic carbocycles. The predicted molar refractivity (Wildman–Crippen MR) is 77.2 cm³/mol. The first-order chi connectivity index (χ1) is 9.47. The number of anilines is 2. The zero-order valence-corrected chi connectivity index (χ0v) is 12.4. The minimum atomic E-state index is -3.70. The van der Waals surface area contributed by atoms with Crippen molar-refractivity contribution in [3.05, 3.63) is 30.4 Å². The highest BCUT2D eigenvalue weighted by atomic mass is 32.2. The van der Waals surface area contributed by atoms with Gasteiger partial charge in [-0.15, -0.1) is 0 Å². The Morgan fingerprint density at radius 2 is 2.10 bits per heavy atom. The first-order valence-corrected chi connectivity index (χ1v) is 7.63. The number of aromatic nitrogens is 3. The van der Waals surface area contributed by atoms with Crippen molar-refractivity contribution in [2.75, 3.05) is 17.1 Å². The van der Waals surface area contributed by atoms with Gasteiger partial charge >= 0.3 is 0 Å². The number of rotatable bonds is 5. The number of hydrogen-bond donors (Lipinski definition) is 2. The van der Waals surface area contributed by atoms with Crippen LogP contribution >= 0.6 is 0 Å². The average Bonchev–Trinajstić information content (AvgIpc) is 2.77. The van der Waals surface area contributed by atoms with E-state index in [1.54, 1.807) is 31.0 Å². The molecule has 0 radical (unpaired) electrons. The largest absolute Gasteiger partial charge is 0.387 e. The molecule has 0 amide bonds. The molecule has 0 bridgehead atoms. The molecule has 8 heteroatoms. The van der Waals surface area contributed by atoms with E-state index in [0.717, 1.165) is 0 Å². The van der Waals surface area contributed by atoms with Crippen LogP contribution in [-0.2, 0) is 23.5 Å². The molecule has 0 aliphatic heterocycles. The number of nitrogens with zero attached hydrogens (tertiary/aromatic N) is 3. The molecule has 2 aromatic rings. The fourth-order valence-electron chi connectivity index (χ4n) is 1.88. The van der Waals surface area contributed by atoms with Gasteiger partial charge in [-0.2, -0.15) is 5.10 Å². The lowest BCUT2D eigenvalue weighted by Gasteiger charge is -2.10. The fourth-order valence-corrected chi connectivity index (χ4v) is 3.11. The van der Waals surface area contributed by atoms with E-state index in [-0.39, 0.29) is 4.90 Å². The fraction of sp³-hybridized carbons (Fsp3) is 0.333. The molecular weight excluding hydrogens is 278 g/mol. The molecule has 0 saturated carbocycles. The van der Waals surface area contributed by atoms with E-state index >= 15 is 0 Å². The predicted octanol–water partition coefficient (Wildman–Crippen LogP) is 1.22. The third-order valence-corrected chi connectivity index (χ3v) is 4.22. The molecule has 0 saturated heterocycles. The molecule has 0 fully saturated rings. The van der Waals surface area contributed by atoms with Crippen LogP contribution < -0.4 is 10.0 Å². The molecule has 0 atom stereocenters. The highest BCUT2D eigenvalue weighted by Gasteiger charge is 2.20. The van der Waals surface area contributed by atoms with Gasteiger partial charge in [-0.1, -0.05) is 6.92 Å². The van der Waals surface area contributed by atoms with Gasteiger partial charge in [-0.3, -0.25) is 14.4 Å². The summed E-state index contributed by atoms with van der Waals surface area (Å²) in [6, 6.07) is 1.61. The van der Waals surface area contributed by atoms with E-state index in [4.69, 9.17) is 0 Å². The van der Waals surface area contributed by atoms with Crippen LogP contribution in [0.3, 0.4) is 0 Å². The van der Waals surface area contributed by atoms with Gasteiger partial charge in [-0.05, 0) is 12.5 Å². The number of sulfonamides is 1. The summed E-state index contributed by atoms with van der Waals surface area (Å²) >= 11 is 0. The van der Waals surface area contributed by atoms with E-state index in [1.807, 2.05) is 6.92 Å². The summed E-state index contributed by atoms with van der Waals surface area (Å²) in [5, 5.41) is 7.05. The quantitative estimate of drug-likeness (QED) is 0.865. The van der Waals surface area contributed by atoms with Gasteiger partial charge in [0.05, 0.1) is 17.1 Å². The van der Waals surface area contributed by atoms with E-state index in [9.17, 15) is 8.42 Å². The maximum atomic E-state index is 12.4. The summed E-state index contributed by atoms with van der Waals surface area (Å²) in [6.07, 6.45) is 5.14. The minimum absolute atomic E-state index is 0.105. The van der Waals surface area contributed by atoms with Crippen LogP contribution in [0.15, 0.2) is 29.6 Å². The molecule has 7 nitrogen and oxygen atoms in total. The number of nitrogens with one attached hydrogen (secondary N) is 2. The summed E-state index contributed by atoms with van der Waals surface area (Å²) in [5.41, 5.74) is 1.68. The van der Waals surface area contributed by atoms with E-state index < -0.39 is 10.0 Å². The third-order valence-electron chi connectivity index (χ3n) is 2.83. The topological polar surface area (TPSA) is 88.9 Å². The summed E-state index contributed by atoms with van der Waals surface area (Å²) < 4.78 is 29.0. The lowest BCUT2D eigenvalue weighted by Crippen LogP contribution is -2.15. The highest BCUT2D eigenvalue weighted by Crippen LogP contribution is 2.23. The van der Waals surface area contributed by atoms with Crippen LogP contribution in [0.1, 0.15) is 12.6 Å². The Bertz CT molecular complexity index is 708. The number of aryl methyl sites for hydroxylation is 2. The van der Waals surface area contributed by atoms with Gasteiger partial charge < -0.3 is 5.32 Å². The Balaban J connectivity index is 2.40. The lowest BCUT2D eigenvalue weighted by molar-refractivity contribution is 0.601. The van der Waals surface area contributed by atoms with E-state index in [1.165, 1.54) is 12.4 Å². The SMILES string of the molecule is CCc1nn(C)cc1NS(=O)(=O)c1cnccc1NC. The van der Waals surface area contributed by atoms with Crippen molar-refractivity contribution in [3.63, 3.8) is 0 Å². The van der Waals surface area contributed by atoms with Crippen molar-refractivity contribution in [1.29, 1.82) is 0 Å². The van der Waals surface area contributed by atoms with Gasteiger partial charge in [-0.25, -0.2) is 8.42 Å². The molecule has 108 valence electrons. The number of hydrogen-bond acceptors (Lipinski definition) is 5. The van der Waals surface area contributed by atoms with Crippen molar-refractivity contribution in [3.8, 4) is 0 Å². The zero-order chi connectivity index (χ0) is 14.8. The van der Waals surface area contributed by atoms with Crippen LogP contribution in [-0.4, -0.2) is 30.2 Å². The molecule has 2 N–H and O–H groups in total. The minimum Gasteiger partial charge on any atom is -0.387 e. The van der Waals surface area contributed by atoms with Gasteiger partial charge in [0.2, 0.25) is 0 Å². The Hall–Kier alpha value is -2.09. The zero-order valence-electron chi connectivity index (χ0n) is 11.6. The smallest absolute Gasteiger partial charge is 0.265 e. The average molecular weight is 295 g/mol. The van der Waals surface area contributed by atoms with E-state index in [0.29, 0.717) is 23.5 Å². The number of pyridine rings is 1. The summed E-state index contributed by atoms with van der Waals surface area (Å²) in [4.78, 5) is 3.97. The molecule has 0 aliphatic rings. The summed E-state index contributed by atoms with van der Waals surface area (Å²) in [5.74, 6) is 0. The summed E-state index contributed by atoms with van der Waals surface area (Å²) in [6.45, 7) is 1.92. The second-order valence-corrected chi connectivity index (χ2v) is 5.89. The lowest BCUT2D eigenvalue weighted by atomic mass is 10.3. The van der Waals surface area contributed by atoms with Crippen LogP contribution in [0.25, 0.3) is 0 Å². The Morgan fingerprint density at radius 1 is 1.35 bits per heavy atom. The molecule has 0 unspecified atom stereocenters. The van der Waals surface area contributed by atoms with Crippen LogP contribution in [0.2, 0.25) is 0 Å². The highest BCUT2D eigenvalue weighted by molar-refractivity contribution is 7.92. The third kappa shape index (κ3) is 2.74. The van der Waals surface area contributed by atoms with Crippen LogP contribution in [0.4, 0.5) is 11.4 Å². The van der Waals surface area contributed by atoms with E-state index in [2.05, 4.69) is 20.1 Å². The second kappa shape index (κ2) is 5.49. The molecule has 2 aromatic heterocycles. The molecular formula is C12H17N5O2S. The Kier molecular flexibility index (Phi) is 3.93. The van der Waals surface area contributed by atoms with Crippen LogP contribution in [0, 0.1) is 0 Å². The van der Waals surface area contributed by atoms with Crippen LogP contribution in [0.5, 0.6) is 0 Å². The van der Waals surface area contributed by atoms with Crippen molar-refractivity contribution in [2.45, 2.75) is 18.2 Å². The maximum absolute atomic E-state index is 12.4. The Labute approximate surface area is 118 Å².